The maximum Gasteiger partial charge on any atom is 0.0619 e. The predicted molar refractivity (Wildman–Crippen MR) is 153 cm³/mol. The number of aromatic amines is 1. The minimum Gasteiger partial charge on any atom is -0.354 e. The summed E-state index contributed by atoms with van der Waals surface area (Å²) in [5, 5.41) is 7.66. The third-order valence-corrected chi connectivity index (χ3v) is 7.51. The number of benzene rings is 6. The fraction of sp³-hybridized carbons (Fsp3) is 0. The molecule has 8 rings (SSSR count). The normalized spacial score (nSPS) is 11.9. The van der Waals surface area contributed by atoms with Crippen molar-refractivity contribution >= 4 is 54.4 Å². The fourth-order valence-electron chi connectivity index (χ4n) is 5.94. The first-order valence-electron chi connectivity index (χ1n) is 12.4. The fourth-order valence-corrected chi connectivity index (χ4v) is 5.94. The maximum absolute atomic E-state index is 3.64. The molecule has 0 unspecified atom stereocenters. The van der Waals surface area contributed by atoms with E-state index in [-0.39, 0.29) is 0 Å². The third-order valence-electron chi connectivity index (χ3n) is 7.51. The lowest BCUT2D eigenvalue weighted by Gasteiger charge is -2.12. The van der Waals surface area contributed by atoms with E-state index in [1.807, 2.05) is 0 Å². The molecule has 2 nitrogen and oxygen atoms in total. The van der Waals surface area contributed by atoms with Crippen molar-refractivity contribution in [3.8, 4) is 16.8 Å². The Kier molecular flexibility index (Phi) is 3.97. The SMILES string of the molecule is c1ccc(-n2c3ccccc3c3cccc(-c4ccc5[nH]c6ccc7ccccc7c6c5c4)c32)cc1. The van der Waals surface area contributed by atoms with E-state index in [0.717, 1.165) is 0 Å². The van der Waals surface area contributed by atoms with Crippen molar-refractivity contribution in [2.75, 3.05) is 0 Å². The standard InChI is InChI=1S/C34H22N2/c1-2-10-24(11-3-1)36-32-16-7-6-13-27(32)28-15-8-14-26(34(28)36)23-18-19-30-29(21-23)33-25-12-5-4-9-22(25)17-20-31(33)35-30/h1-21,35H. The van der Waals surface area contributed by atoms with Crippen LogP contribution in [0.3, 0.4) is 0 Å². The number of H-pyrrole nitrogens is 1. The van der Waals surface area contributed by atoms with E-state index in [1.165, 1.54) is 71.2 Å². The molecule has 6 aromatic carbocycles. The number of hydrogen-bond acceptors (Lipinski definition) is 0. The van der Waals surface area contributed by atoms with E-state index in [1.54, 1.807) is 0 Å². The summed E-state index contributed by atoms with van der Waals surface area (Å²) in [7, 11) is 0. The Balaban J connectivity index is 1.49. The van der Waals surface area contributed by atoms with Crippen molar-refractivity contribution in [3.63, 3.8) is 0 Å². The second-order valence-electron chi connectivity index (χ2n) is 9.48. The first kappa shape index (κ1) is 19.5. The minimum atomic E-state index is 1.17. The van der Waals surface area contributed by atoms with Crippen LogP contribution in [-0.2, 0) is 0 Å². The summed E-state index contributed by atoms with van der Waals surface area (Å²) in [6.45, 7) is 0. The van der Waals surface area contributed by atoms with Crippen molar-refractivity contribution in [1.29, 1.82) is 0 Å². The van der Waals surface area contributed by atoms with Crippen LogP contribution in [-0.4, -0.2) is 9.55 Å². The van der Waals surface area contributed by atoms with Crippen molar-refractivity contribution < 1.29 is 0 Å². The van der Waals surface area contributed by atoms with E-state index in [4.69, 9.17) is 0 Å². The summed E-state index contributed by atoms with van der Waals surface area (Å²) < 4.78 is 2.41. The predicted octanol–water partition coefficient (Wildman–Crippen LogP) is 9.24. The molecular formula is C34H22N2. The van der Waals surface area contributed by atoms with Crippen LogP contribution in [0.5, 0.6) is 0 Å². The van der Waals surface area contributed by atoms with Crippen molar-refractivity contribution in [2.45, 2.75) is 0 Å². The average Bonchev–Trinajstić information content (AvgIpc) is 3.49. The van der Waals surface area contributed by atoms with Crippen LogP contribution in [0.2, 0.25) is 0 Å². The van der Waals surface area contributed by atoms with Crippen LogP contribution in [0.4, 0.5) is 0 Å². The monoisotopic (exact) mass is 458 g/mol. The summed E-state index contributed by atoms with van der Waals surface area (Å²) in [4.78, 5) is 3.64. The van der Waals surface area contributed by atoms with Gasteiger partial charge in [0.25, 0.3) is 0 Å². The number of para-hydroxylation sites is 3. The molecule has 1 N–H and O–H groups in total. The van der Waals surface area contributed by atoms with Crippen LogP contribution in [0.1, 0.15) is 0 Å². The second-order valence-corrected chi connectivity index (χ2v) is 9.48. The lowest BCUT2D eigenvalue weighted by molar-refractivity contribution is 1.18. The summed E-state index contributed by atoms with van der Waals surface area (Å²) in [5.74, 6) is 0. The van der Waals surface area contributed by atoms with Gasteiger partial charge in [0.05, 0.1) is 11.0 Å². The van der Waals surface area contributed by atoms with Gasteiger partial charge in [0.1, 0.15) is 0 Å². The second kappa shape index (κ2) is 7.34. The molecule has 2 heterocycles. The molecule has 0 saturated carbocycles. The largest absolute Gasteiger partial charge is 0.354 e. The lowest BCUT2D eigenvalue weighted by atomic mass is 9.98. The zero-order valence-electron chi connectivity index (χ0n) is 19.6. The number of nitrogens with zero attached hydrogens (tertiary/aromatic N) is 1. The van der Waals surface area contributed by atoms with Crippen LogP contribution in [0.25, 0.3) is 71.2 Å². The maximum atomic E-state index is 3.64. The number of fused-ring (bicyclic) bond motifs is 8. The Labute approximate surface area is 208 Å². The average molecular weight is 459 g/mol. The highest BCUT2D eigenvalue weighted by Gasteiger charge is 2.17. The molecule has 0 aliphatic rings. The van der Waals surface area contributed by atoms with Crippen LogP contribution in [0.15, 0.2) is 127 Å². The highest BCUT2D eigenvalue weighted by Crippen LogP contribution is 2.40. The zero-order valence-corrected chi connectivity index (χ0v) is 19.6. The number of rotatable bonds is 2. The molecule has 0 radical (unpaired) electrons. The topological polar surface area (TPSA) is 20.7 Å². The molecule has 36 heavy (non-hydrogen) atoms. The Morgan fingerprint density at radius 1 is 0.500 bits per heavy atom. The Morgan fingerprint density at radius 2 is 1.25 bits per heavy atom. The Hall–Kier alpha value is -4.82. The third kappa shape index (κ3) is 2.67. The van der Waals surface area contributed by atoms with Crippen LogP contribution in [0, 0.1) is 0 Å². The molecule has 0 bridgehead atoms. The number of hydrogen-bond donors (Lipinski definition) is 1. The summed E-state index contributed by atoms with van der Waals surface area (Å²) in [5.41, 5.74) is 8.46. The van der Waals surface area contributed by atoms with E-state index in [0.29, 0.717) is 0 Å². The molecule has 0 fully saturated rings. The molecule has 8 aromatic rings. The van der Waals surface area contributed by atoms with Crippen LogP contribution >= 0.6 is 0 Å². The molecule has 168 valence electrons. The first-order chi connectivity index (χ1) is 17.9. The van der Waals surface area contributed by atoms with Gasteiger partial charge < -0.3 is 9.55 Å². The zero-order chi connectivity index (χ0) is 23.6. The van der Waals surface area contributed by atoms with Gasteiger partial charge in [0.15, 0.2) is 0 Å². The molecular weight excluding hydrogens is 436 g/mol. The highest BCUT2D eigenvalue weighted by molar-refractivity contribution is 6.21. The number of aromatic nitrogens is 2. The van der Waals surface area contributed by atoms with Crippen molar-refractivity contribution in [1.82, 2.24) is 9.55 Å². The first-order valence-corrected chi connectivity index (χ1v) is 12.4. The summed E-state index contributed by atoms with van der Waals surface area (Å²) in [6.07, 6.45) is 0. The van der Waals surface area contributed by atoms with Crippen molar-refractivity contribution in [2.24, 2.45) is 0 Å². The van der Waals surface area contributed by atoms with E-state index in [2.05, 4.69) is 137 Å². The van der Waals surface area contributed by atoms with Gasteiger partial charge in [0, 0.05) is 43.8 Å². The molecule has 0 aliphatic carbocycles. The molecule has 2 aromatic heterocycles. The molecule has 0 amide bonds. The molecule has 0 spiro atoms. The molecule has 2 heteroatoms. The molecule has 0 aliphatic heterocycles. The minimum absolute atomic E-state index is 1.17. The summed E-state index contributed by atoms with van der Waals surface area (Å²) >= 11 is 0. The van der Waals surface area contributed by atoms with Crippen LogP contribution < -0.4 is 0 Å². The van der Waals surface area contributed by atoms with E-state index < -0.39 is 0 Å². The summed E-state index contributed by atoms with van der Waals surface area (Å²) in [6, 6.07) is 46.0. The van der Waals surface area contributed by atoms with Gasteiger partial charge >= 0.3 is 0 Å². The van der Waals surface area contributed by atoms with Gasteiger partial charge in [-0.1, -0.05) is 91.0 Å². The van der Waals surface area contributed by atoms with E-state index in [9.17, 15) is 0 Å². The Bertz CT molecular complexity index is 2090. The van der Waals surface area contributed by atoms with Crippen molar-refractivity contribution in [3.05, 3.63) is 127 Å². The quantitative estimate of drug-likeness (QED) is 0.266. The van der Waals surface area contributed by atoms with Gasteiger partial charge in [-0.05, 0) is 52.7 Å². The number of nitrogens with one attached hydrogen (secondary N) is 1. The van der Waals surface area contributed by atoms with Gasteiger partial charge in [-0.25, -0.2) is 0 Å². The highest BCUT2D eigenvalue weighted by atomic mass is 15.0. The van der Waals surface area contributed by atoms with Gasteiger partial charge in [-0.15, -0.1) is 0 Å². The molecule has 0 saturated heterocycles. The van der Waals surface area contributed by atoms with Gasteiger partial charge in [0.2, 0.25) is 0 Å². The van der Waals surface area contributed by atoms with Gasteiger partial charge in [-0.3, -0.25) is 0 Å². The molecule has 0 atom stereocenters. The lowest BCUT2D eigenvalue weighted by Crippen LogP contribution is -1.95. The van der Waals surface area contributed by atoms with E-state index >= 15 is 0 Å². The smallest absolute Gasteiger partial charge is 0.0619 e. The Morgan fingerprint density at radius 3 is 2.17 bits per heavy atom. The van der Waals surface area contributed by atoms with Gasteiger partial charge in [-0.2, -0.15) is 0 Å².